The lowest BCUT2D eigenvalue weighted by atomic mass is 9.85. The Kier molecular flexibility index (Phi) is 4.05. The summed E-state index contributed by atoms with van der Waals surface area (Å²) in [4.78, 5) is 0. The highest BCUT2D eigenvalue weighted by atomic mass is 28.3. The van der Waals surface area contributed by atoms with Crippen LogP contribution in [0.25, 0.3) is 0 Å². The van der Waals surface area contributed by atoms with Gasteiger partial charge in [-0.05, 0) is 30.9 Å². The fourth-order valence-corrected chi connectivity index (χ4v) is 3.41. The third-order valence-corrected chi connectivity index (χ3v) is 5.87. The molecule has 2 heteroatoms. The quantitative estimate of drug-likeness (QED) is 0.788. The van der Waals surface area contributed by atoms with Crippen LogP contribution in [0.5, 0.6) is 0 Å². The molecule has 1 saturated carbocycles. The smallest absolute Gasteiger partial charge is 0.0775 e. The first-order valence-corrected chi connectivity index (χ1v) is 10.4. The monoisotopic (exact) mass is 247 g/mol. The Hall–Kier alpha value is -0.603. The lowest BCUT2D eigenvalue weighted by molar-refractivity contribution is 0.301. The standard InChI is InChI=1S/C15H25NSi/c1-17(2,3)15-9-7-14(8-10-15)12-16-11-13-5-4-6-13/h7-10,13,16H,4-6,11-12H2,1-3H3. The van der Waals surface area contributed by atoms with Crippen molar-refractivity contribution in [3.8, 4) is 0 Å². The van der Waals surface area contributed by atoms with Gasteiger partial charge in [-0.1, -0.05) is 55.5 Å². The largest absolute Gasteiger partial charge is 0.312 e. The summed E-state index contributed by atoms with van der Waals surface area (Å²) >= 11 is 0. The Bertz CT molecular complexity index is 346. The van der Waals surface area contributed by atoms with Gasteiger partial charge in [0.15, 0.2) is 0 Å². The Morgan fingerprint density at radius 3 is 2.24 bits per heavy atom. The normalized spacial score (nSPS) is 16.9. The van der Waals surface area contributed by atoms with E-state index in [9.17, 15) is 0 Å². The topological polar surface area (TPSA) is 12.0 Å². The zero-order valence-corrected chi connectivity index (χ0v) is 12.4. The van der Waals surface area contributed by atoms with Crippen LogP contribution >= 0.6 is 0 Å². The van der Waals surface area contributed by atoms with Crippen LogP contribution in [0.1, 0.15) is 24.8 Å². The average molecular weight is 247 g/mol. The molecular formula is C15H25NSi. The van der Waals surface area contributed by atoms with Crippen molar-refractivity contribution < 1.29 is 0 Å². The van der Waals surface area contributed by atoms with Gasteiger partial charge in [0, 0.05) is 6.54 Å². The second-order valence-electron chi connectivity index (χ2n) is 6.37. The molecule has 0 amide bonds. The zero-order valence-electron chi connectivity index (χ0n) is 11.4. The van der Waals surface area contributed by atoms with Crippen LogP contribution in [-0.2, 0) is 6.54 Å². The first kappa shape index (κ1) is 12.8. The van der Waals surface area contributed by atoms with Crippen molar-refractivity contribution >= 4 is 13.3 Å². The summed E-state index contributed by atoms with van der Waals surface area (Å²) in [5.74, 6) is 0.955. The van der Waals surface area contributed by atoms with Crippen LogP contribution in [-0.4, -0.2) is 14.6 Å². The molecule has 0 aliphatic heterocycles. The van der Waals surface area contributed by atoms with Gasteiger partial charge in [-0.2, -0.15) is 0 Å². The summed E-state index contributed by atoms with van der Waals surface area (Å²) in [6.07, 6.45) is 4.31. The van der Waals surface area contributed by atoms with E-state index in [1.807, 2.05) is 0 Å². The summed E-state index contributed by atoms with van der Waals surface area (Å²) in [5, 5.41) is 5.13. The third kappa shape index (κ3) is 3.68. The fraction of sp³-hybridized carbons (Fsp3) is 0.600. The van der Waals surface area contributed by atoms with E-state index in [1.165, 1.54) is 31.4 Å². The number of hydrogen-bond donors (Lipinski definition) is 1. The molecular weight excluding hydrogens is 222 g/mol. The molecule has 1 aromatic rings. The molecule has 0 aromatic heterocycles. The van der Waals surface area contributed by atoms with Gasteiger partial charge in [0.05, 0.1) is 8.07 Å². The molecule has 1 fully saturated rings. The van der Waals surface area contributed by atoms with E-state index >= 15 is 0 Å². The average Bonchev–Trinajstić information content (AvgIpc) is 2.21. The van der Waals surface area contributed by atoms with Gasteiger partial charge < -0.3 is 5.32 Å². The van der Waals surface area contributed by atoms with Gasteiger partial charge in [0.2, 0.25) is 0 Å². The summed E-state index contributed by atoms with van der Waals surface area (Å²) in [7, 11) is -1.12. The minimum Gasteiger partial charge on any atom is -0.312 e. The van der Waals surface area contributed by atoms with E-state index in [4.69, 9.17) is 0 Å². The minimum absolute atomic E-state index is 0.955. The molecule has 94 valence electrons. The molecule has 0 bridgehead atoms. The molecule has 0 atom stereocenters. The number of nitrogens with one attached hydrogen (secondary N) is 1. The van der Waals surface area contributed by atoms with Crippen LogP contribution < -0.4 is 10.5 Å². The van der Waals surface area contributed by atoms with Gasteiger partial charge in [-0.3, -0.25) is 0 Å². The molecule has 0 heterocycles. The van der Waals surface area contributed by atoms with Crippen LogP contribution in [0.2, 0.25) is 19.6 Å². The third-order valence-electron chi connectivity index (χ3n) is 3.81. The molecule has 0 radical (unpaired) electrons. The van der Waals surface area contributed by atoms with Gasteiger partial charge in [-0.15, -0.1) is 0 Å². The van der Waals surface area contributed by atoms with Crippen molar-refractivity contribution in [2.24, 2.45) is 5.92 Å². The molecule has 1 nitrogen and oxygen atoms in total. The maximum atomic E-state index is 3.57. The van der Waals surface area contributed by atoms with Crippen molar-refractivity contribution in [3.63, 3.8) is 0 Å². The van der Waals surface area contributed by atoms with Gasteiger partial charge in [0.1, 0.15) is 0 Å². The van der Waals surface area contributed by atoms with E-state index in [-0.39, 0.29) is 0 Å². The molecule has 1 aromatic carbocycles. The van der Waals surface area contributed by atoms with Crippen molar-refractivity contribution in [3.05, 3.63) is 29.8 Å². The summed E-state index contributed by atoms with van der Waals surface area (Å²) in [5.41, 5.74) is 1.42. The van der Waals surface area contributed by atoms with Crippen molar-refractivity contribution in [2.45, 2.75) is 45.4 Å². The Balaban J connectivity index is 1.81. The van der Waals surface area contributed by atoms with Crippen LogP contribution in [0.15, 0.2) is 24.3 Å². The summed E-state index contributed by atoms with van der Waals surface area (Å²) in [6.45, 7) is 9.43. The fourth-order valence-electron chi connectivity index (χ4n) is 2.24. The Morgan fingerprint density at radius 2 is 1.76 bits per heavy atom. The minimum atomic E-state index is -1.12. The van der Waals surface area contributed by atoms with Crippen molar-refractivity contribution in [1.82, 2.24) is 5.32 Å². The van der Waals surface area contributed by atoms with E-state index in [1.54, 1.807) is 5.19 Å². The SMILES string of the molecule is C[Si](C)(C)c1ccc(CNCC2CCC2)cc1. The zero-order chi connectivity index (χ0) is 12.3. The molecule has 0 spiro atoms. The lowest BCUT2D eigenvalue weighted by Gasteiger charge is -2.25. The molecule has 17 heavy (non-hydrogen) atoms. The van der Waals surface area contributed by atoms with Crippen molar-refractivity contribution in [2.75, 3.05) is 6.54 Å². The Morgan fingerprint density at radius 1 is 1.12 bits per heavy atom. The van der Waals surface area contributed by atoms with Gasteiger partial charge in [-0.25, -0.2) is 0 Å². The highest BCUT2D eigenvalue weighted by Crippen LogP contribution is 2.25. The number of rotatable bonds is 5. The predicted molar refractivity (Wildman–Crippen MR) is 78.5 cm³/mol. The van der Waals surface area contributed by atoms with Crippen LogP contribution in [0.4, 0.5) is 0 Å². The lowest BCUT2D eigenvalue weighted by Crippen LogP contribution is -2.37. The summed E-state index contributed by atoms with van der Waals surface area (Å²) < 4.78 is 0. The Labute approximate surface area is 107 Å². The molecule has 2 rings (SSSR count). The molecule has 1 aliphatic carbocycles. The van der Waals surface area contributed by atoms with Crippen LogP contribution in [0.3, 0.4) is 0 Å². The molecule has 1 aliphatic rings. The van der Waals surface area contributed by atoms with E-state index in [0.29, 0.717) is 0 Å². The van der Waals surface area contributed by atoms with E-state index in [0.717, 1.165) is 12.5 Å². The van der Waals surface area contributed by atoms with Crippen molar-refractivity contribution in [1.29, 1.82) is 0 Å². The second-order valence-corrected chi connectivity index (χ2v) is 11.5. The van der Waals surface area contributed by atoms with Crippen LogP contribution in [0, 0.1) is 5.92 Å². The first-order chi connectivity index (χ1) is 8.05. The number of hydrogen-bond acceptors (Lipinski definition) is 1. The first-order valence-electron chi connectivity index (χ1n) is 6.86. The number of benzene rings is 1. The van der Waals surface area contributed by atoms with E-state index < -0.39 is 8.07 Å². The van der Waals surface area contributed by atoms with E-state index in [2.05, 4.69) is 49.2 Å². The maximum absolute atomic E-state index is 3.57. The molecule has 1 N–H and O–H groups in total. The van der Waals surface area contributed by atoms with Gasteiger partial charge >= 0.3 is 0 Å². The summed E-state index contributed by atoms with van der Waals surface area (Å²) in [6, 6.07) is 9.24. The maximum Gasteiger partial charge on any atom is 0.0775 e. The van der Waals surface area contributed by atoms with Gasteiger partial charge in [0.25, 0.3) is 0 Å². The second kappa shape index (κ2) is 5.36. The molecule has 0 saturated heterocycles. The highest BCUT2D eigenvalue weighted by molar-refractivity contribution is 6.88. The molecule has 0 unspecified atom stereocenters. The highest BCUT2D eigenvalue weighted by Gasteiger charge is 2.17. The predicted octanol–water partition coefficient (Wildman–Crippen LogP) is 3.12.